The number of carboxylic acid groups (broad SMARTS) is 1. The number of hydrogen-bond donors (Lipinski definition) is 1. The standard InChI is InChI=1S/C11H18O4S/c12-10(13)5-7-16-8-6-11(14)15-9-3-1-2-4-9/h9H,1-8H2,(H,12,13). The zero-order valence-electron chi connectivity index (χ0n) is 9.31. The van der Waals surface area contributed by atoms with Crippen LogP contribution in [0.5, 0.6) is 0 Å². The van der Waals surface area contributed by atoms with Crippen LogP contribution in [0.3, 0.4) is 0 Å². The third kappa shape index (κ3) is 6.00. The minimum absolute atomic E-state index is 0.136. The van der Waals surface area contributed by atoms with E-state index in [-0.39, 0.29) is 18.5 Å². The van der Waals surface area contributed by atoms with Crippen LogP contribution in [-0.2, 0) is 14.3 Å². The summed E-state index contributed by atoms with van der Waals surface area (Å²) in [6.45, 7) is 0. The molecule has 0 aliphatic heterocycles. The van der Waals surface area contributed by atoms with Gasteiger partial charge in [0.1, 0.15) is 6.10 Å². The van der Waals surface area contributed by atoms with E-state index < -0.39 is 5.97 Å². The highest BCUT2D eigenvalue weighted by molar-refractivity contribution is 7.99. The van der Waals surface area contributed by atoms with Crippen LogP contribution in [0.4, 0.5) is 0 Å². The van der Waals surface area contributed by atoms with E-state index in [2.05, 4.69) is 0 Å². The summed E-state index contributed by atoms with van der Waals surface area (Å²) < 4.78 is 5.27. The van der Waals surface area contributed by atoms with Crippen LogP contribution in [0.1, 0.15) is 38.5 Å². The molecular weight excluding hydrogens is 228 g/mol. The molecule has 0 bridgehead atoms. The van der Waals surface area contributed by atoms with E-state index in [4.69, 9.17) is 9.84 Å². The molecule has 1 saturated carbocycles. The Hall–Kier alpha value is -0.710. The first-order valence-electron chi connectivity index (χ1n) is 5.67. The zero-order chi connectivity index (χ0) is 11.8. The quantitative estimate of drug-likeness (QED) is 0.550. The monoisotopic (exact) mass is 246 g/mol. The molecule has 0 radical (unpaired) electrons. The molecule has 0 amide bonds. The molecule has 1 aliphatic rings. The first-order valence-corrected chi connectivity index (χ1v) is 6.83. The molecule has 1 N–H and O–H groups in total. The molecule has 0 atom stereocenters. The van der Waals surface area contributed by atoms with Gasteiger partial charge >= 0.3 is 11.9 Å². The predicted molar refractivity (Wildman–Crippen MR) is 62.5 cm³/mol. The summed E-state index contributed by atoms with van der Waals surface area (Å²) in [6, 6.07) is 0. The lowest BCUT2D eigenvalue weighted by Gasteiger charge is -2.10. The van der Waals surface area contributed by atoms with Crippen molar-refractivity contribution in [2.24, 2.45) is 0 Å². The van der Waals surface area contributed by atoms with E-state index >= 15 is 0 Å². The van der Waals surface area contributed by atoms with Crippen LogP contribution in [-0.4, -0.2) is 34.7 Å². The molecule has 16 heavy (non-hydrogen) atoms. The summed E-state index contributed by atoms with van der Waals surface area (Å²) in [5.41, 5.74) is 0. The van der Waals surface area contributed by atoms with Gasteiger partial charge in [0.2, 0.25) is 0 Å². The third-order valence-electron chi connectivity index (χ3n) is 2.51. The van der Waals surface area contributed by atoms with Crippen molar-refractivity contribution in [3.63, 3.8) is 0 Å². The van der Waals surface area contributed by atoms with Crippen LogP contribution in [0.25, 0.3) is 0 Å². The Labute approximate surface area is 99.7 Å². The molecule has 0 saturated heterocycles. The Morgan fingerprint density at radius 3 is 2.44 bits per heavy atom. The Bertz CT molecular complexity index is 236. The van der Waals surface area contributed by atoms with E-state index in [0.717, 1.165) is 25.7 Å². The summed E-state index contributed by atoms with van der Waals surface area (Å²) in [5.74, 6) is 0.279. The predicted octanol–water partition coefficient (Wildman–Crippen LogP) is 2.07. The summed E-state index contributed by atoms with van der Waals surface area (Å²) in [5, 5.41) is 8.41. The smallest absolute Gasteiger partial charge is 0.306 e. The van der Waals surface area contributed by atoms with Gasteiger partial charge < -0.3 is 9.84 Å². The van der Waals surface area contributed by atoms with Gasteiger partial charge in [0.05, 0.1) is 12.8 Å². The number of aliphatic carboxylic acids is 1. The van der Waals surface area contributed by atoms with Crippen molar-refractivity contribution < 1.29 is 19.4 Å². The largest absolute Gasteiger partial charge is 0.481 e. The number of thioether (sulfide) groups is 1. The highest BCUT2D eigenvalue weighted by Crippen LogP contribution is 2.21. The lowest BCUT2D eigenvalue weighted by atomic mass is 10.3. The average Bonchev–Trinajstić information content (AvgIpc) is 2.69. The number of carbonyl (C=O) groups is 2. The molecule has 0 unspecified atom stereocenters. The minimum atomic E-state index is -0.791. The second kappa shape index (κ2) is 7.54. The fourth-order valence-corrected chi connectivity index (χ4v) is 2.50. The van der Waals surface area contributed by atoms with Crippen molar-refractivity contribution in [1.82, 2.24) is 0 Å². The summed E-state index contributed by atoms with van der Waals surface area (Å²) in [6.07, 6.45) is 4.99. The molecule has 0 aromatic rings. The van der Waals surface area contributed by atoms with E-state index in [0.29, 0.717) is 17.9 Å². The fourth-order valence-electron chi connectivity index (χ4n) is 1.67. The average molecular weight is 246 g/mol. The molecule has 4 nitrogen and oxygen atoms in total. The van der Waals surface area contributed by atoms with Gasteiger partial charge in [-0.1, -0.05) is 0 Å². The van der Waals surface area contributed by atoms with Gasteiger partial charge in [-0.3, -0.25) is 9.59 Å². The minimum Gasteiger partial charge on any atom is -0.481 e. The Balaban J connectivity index is 1.95. The molecule has 0 heterocycles. The van der Waals surface area contributed by atoms with Crippen molar-refractivity contribution in [1.29, 1.82) is 0 Å². The highest BCUT2D eigenvalue weighted by atomic mass is 32.2. The topological polar surface area (TPSA) is 63.6 Å². The maximum atomic E-state index is 11.3. The molecule has 0 spiro atoms. The lowest BCUT2D eigenvalue weighted by molar-refractivity contribution is -0.148. The number of carbonyl (C=O) groups excluding carboxylic acids is 1. The SMILES string of the molecule is O=C(O)CCSCCC(=O)OC1CCCC1. The van der Waals surface area contributed by atoms with Crippen LogP contribution in [0, 0.1) is 0 Å². The molecular formula is C11H18O4S. The molecule has 0 aromatic carbocycles. The number of carboxylic acids is 1. The maximum absolute atomic E-state index is 11.3. The summed E-state index contributed by atoms with van der Waals surface area (Å²) in [7, 11) is 0. The first-order chi connectivity index (χ1) is 7.68. The van der Waals surface area contributed by atoms with Crippen molar-refractivity contribution >= 4 is 23.7 Å². The van der Waals surface area contributed by atoms with E-state index in [1.807, 2.05) is 0 Å². The van der Waals surface area contributed by atoms with Gasteiger partial charge in [-0.05, 0) is 25.7 Å². The molecule has 92 valence electrons. The maximum Gasteiger partial charge on any atom is 0.306 e. The van der Waals surface area contributed by atoms with Crippen LogP contribution in [0.2, 0.25) is 0 Å². The van der Waals surface area contributed by atoms with Gasteiger partial charge in [0.15, 0.2) is 0 Å². The second-order valence-corrected chi connectivity index (χ2v) is 5.13. The zero-order valence-corrected chi connectivity index (χ0v) is 10.1. The van der Waals surface area contributed by atoms with Gasteiger partial charge in [-0.25, -0.2) is 0 Å². The number of ether oxygens (including phenoxy) is 1. The second-order valence-electron chi connectivity index (χ2n) is 3.90. The molecule has 1 fully saturated rings. The van der Waals surface area contributed by atoms with Crippen molar-refractivity contribution in [2.45, 2.75) is 44.6 Å². The Morgan fingerprint density at radius 1 is 1.19 bits per heavy atom. The molecule has 5 heteroatoms. The van der Waals surface area contributed by atoms with Gasteiger partial charge in [0, 0.05) is 11.5 Å². The third-order valence-corrected chi connectivity index (χ3v) is 3.50. The number of esters is 1. The van der Waals surface area contributed by atoms with Crippen LogP contribution in [0.15, 0.2) is 0 Å². The number of hydrogen-bond acceptors (Lipinski definition) is 4. The molecule has 1 aliphatic carbocycles. The van der Waals surface area contributed by atoms with Gasteiger partial charge in [0.25, 0.3) is 0 Å². The van der Waals surface area contributed by atoms with Crippen molar-refractivity contribution in [2.75, 3.05) is 11.5 Å². The van der Waals surface area contributed by atoms with E-state index in [9.17, 15) is 9.59 Å². The lowest BCUT2D eigenvalue weighted by Crippen LogP contribution is -2.15. The van der Waals surface area contributed by atoms with E-state index in [1.54, 1.807) is 0 Å². The summed E-state index contributed by atoms with van der Waals surface area (Å²) in [4.78, 5) is 21.6. The van der Waals surface area contributed by atoms with Crippen molar-refractivity contribution in [3.8, 4) is 0 Å². The molecule has 0 aromatic heterocycles. The Morgan fingerprint density at radius 2 is 1.81 bits per heavy atom. The normalized spacial score (nSPS) is 16.2. The Kier molecular flexibility index (Phi) is 6.30. The van der Waals surface area contributed by atoms with Crippen LogP contribution < -0.4 is 0 Å². The van der Waals surface area contributed by atoms with E-state index in [1.165, 1.54) is 11.8 Å². The van der Waals surface area contributed by atoms with Gasteiger partial charge in [-0.2, -0.15) is 11.8 Å². The van der Waals surface area contributed by atoms with Crippen molar-refractivity contribution in [3.05, 3.63) is 0 Å². The summed E-state index contributed by atoms with van der Waals surface area (Å²) >= 11 is 1.49. The van der Waals surface area contributed by atoms with Crippen LogP contribution >= 0.6 is 11.8 Å². The fraction of sp³-hybridized carbons (Fsp3) is 0.818. The highest BCUT2D eigenvalue weighted by Gasteiger charge is 2.18. The molecule has 1 rings (SSSR count). The first kappa shape index (κ1) is 13.4. The van der Waals surface area contributed by atoms with Gasteiger partial charge in [-0.15, -0.1) is 0 Å². The number of rotatable bonds is 7.